The molecule has 16 heavy (non-hydrogen) atoms. The number of carbonyl (C=O) groups excluding carboxylic acids is 1. The Bertz CT molecular complexity index is 446. The molecule has 0 saturated carbocycles. The summed E-state index contributed by atoms with van der Waals surface area (Å²) in [5.74, 6) is -1.68. The highest BCUT2D eigenvalue weighted by Crippen LogP contribution is 2.18. The predicted molar refractivity (Wildman–Crippen MR) is 58.6 cm³/mol. The maximum Gasteiger partial charge on any atom is 0.339 e. The number of carbonyl (C=O) groups is 2. The van der Waals surface area contributed by atoms with Crippen molar-refractivity contribution in [2.75, 3.05) is 0 Å². The van der Waals surface area contributed by atoms with Crippen molar-refractivity contribution in [3.8, 4) is 0 Å². The number of benzene rings is 1. The third-order valence-corrected chi connectivity index (χ3v) is 2.01. The van der Waals surface area contributed by atoms with Gasteiger partial charge in [0.1, 0.15) is 11.8 Å². The maximum atomic E-state index is 11.0. The van der Waals surface area contributed by atoms with Gasteiger partial charge in [0.05, 0.1) is 0 Å². The summed E-state index contributed by atoms with van der Waals surface area (Å²) in [7, 11) is 0. The molecule has 0 aliphatic rings. The molecular weight excluding hydrogens is 208 g/mol. The second kappa shape index (κ2) is 5.11. The summed E-state index contributed by atoms with van der Waals surface area (Å²) in [6.45, 7) is 3.01. The lowest BCUT2D eigenvalue weighted by molar-refractivity contribution is -0.135. The first-order valence-electron chi connectivity index (χ1n) is 4.69. The highest BCUT2D eigenvalue weighted by atomic mass is 16.5. The number of esters is 1. The highest BCUT2D eigenvalue weighted by Gasteiger charge is 2.13. The van der Waals surface area contributed by atoms with E-state index in [2.05, 4.69) is 4.74 Å². The van der Waals surface area contributed by atoms with Crippen LogP contribution in [0, 0.1) is 6.92 Å². The quantitative estimate of drug-likeness (QED) is 0.480. The van der Waals surface area contributed by atoms with Crippen molar-refractivity contribution < 1.29 is 19.4 Å². The number of carboxylic acid groups (broad SMARTS) is 1. The lowest BCUT2D eigenvalue weighted by Gasteiger charge is -2.05. The number of rotatable bonds is 3. The van der Waals surface area contributed by atoms with Gasteiger partial charge in [-0.1, -0.05) is 24.3 Å². The van der Waals surface area contributed by atoms with Gasteiger partial charge in [-0.15, -0.1) is 0 Å². The lowest BCUT2D eigenvalue weighted by Crippen LogP contribution is -2.03. The first kappa shape index (κ1) is 12.0. The van der Waals surface area contributed by atoms with E-state index < -0.39 is 11.9 Å². The van der Waals surface area contributed by atoms with E-state index in [1.807, 2.05) is 6.07 Å². The molecule has 0 atom stereocenters. The van der Waals surface area contributed by atoms with Crippen LogP contribution in [0.3, 0.4) is 0 Å². The number of hydrogen-bond acceptors (Lipinski definition) is 3. The van der Waals surface area contributed by atoms with Gasteiger partial charge < -0.3 is 9.84 Å². The first-order valence-corrected chi connectivity index (χ1v) is 4.69. The van der Waals surface area contributed by atoms with Crippen LogP contribution in [-0.4, -0.2) is 17.0 Å². The molecule has 0 aliphatic carbocycles. The Kier molecular flexibility index (Phi) is 3.83. The van der Waals surface area contributed by atoms with Gasteiger partial charge in [0.2, 0.25) is 0 Å². The summed E-state index contributed by atoms with van der Waals surface area (Å²) in [6.07, 6.45) is 0.965. The Balaban J connectivity index is 3.13. The molecule has 0 amide bonds. The molecule has 4 nitrogen and oxygen atoms in total. The van der Waals surface area contributed by atoms with Crippen LogP contribution in [0.5, 0.6) is 0 Å². The van der Waals surface area contributed by atoms with Crippen LogP contribution in [0.15, 0.2) is 30.5 Å². The zero-order valence-electron chi connectivity index (χ0n) is 9.06. The van der Waals surface area contributed by atoms with Crippen molar-refractivity contribution >= 4 is 17.5 Å². The molecule has 0 aromatic heterocycles. The van der Waals surface area contributed by atoms with E-state index in [1.54, 1.807) is 25.1 Å². The van der Waals surface area contributed by atoms with Crippen LogP contribution < -0.4 is 0 Å². The van der Waals surface area contributed by atoms with Crippen LogP contribution in [0.1, 0.15) is 18.1 Å². The summed E-state index contributed by atoms with van der Waals surface area (Å²) in [5.41, 5.74) is 1.31. The summed E-state index contributed by atoms with van der Waals surface area (Å²) < 4.78 is 4.59. The van der Waals surface area contributed by atoms with Crippen LogP contribution in [0.4, 0.5) is 0 Å². The Hall–Kier alpha value is -2.10. The van der Waals surface area contributed by atoms with Gasteiger partial charge in [0.15, 0.2) is 0 Å². The van der Waals surface area contributed by atoms with Gasteiger partial charge in [-0.25, -0.2) is 4.79 Å². The monoisotopic (exact) mass is 220 g/mol. The summed E-state index contributed by atoms with van der Waals surface area (Å²) >= 11 is 0. The average Bonchev–Trinajstić information content (AvgIpc) is 2.20. The average molecular weight is 220 g/mol. The lowest BCUT2D eigenvalue weighted by atomic mass is 10.0. The van der Waals surface area contributed by atoms with E-state index in [-0.39, 0.29) is 5.57 Å². The van der Waals surface area contributed by atoms with Gasteiger partial charge >= 0.3 is 11.9 Å². The SMILES string of the molecule is CC(=O)OC=C(C(=O)O)c1ccccc1C. The van der Waals surface area contributed by atoms with Crippen LogP contribution in [0.25, 0.3) is 5.57 Å². The fourth-order valence-electron chi connectivity index (χ4n) is 1.25. The fourth-order valence-corrected chi connectivity index (χ4v) is 1.25. The van der Waals surface area contributed by atoms with E-state index in [1.165, 1.54) is 6.92 Å². The maximum absolute atomic E-state index is 11.0. The van der Waals surface area contributed by atoms with Crippen molar-refractivity contribution in [1.29, 1.82) is 0 Å². The van der Waals surface area contributed by atoms with Gasteiger partial charge in [0.25, 0.3) is 0 Å². The zero-order chi connectivity index (χ0) is 12.1. The van der Waals surface area contributed by atoms with Crippen molar-refractivity contribution in [2.45, 2.75) is 13.8 Å². The minimum absolute atomic E-state index is 0.0340. The number of aryl methyl sites for hydroxylation is 1. The van der Waals surface area contributed by atoms with Crippen LogP contribution in [-0.2, 0) is 14.3 Å². The standard InChI is InChI=1S/C12H12O4/c1-8-5-3-4-6-10(8)11(12(14)15)7-16-9(2)13/h3-7H,1-2H3,(H,14,15). The van der Waals surface area contributed by atoms with E-state index in [4.69, 9.17) is 5.11 Å². The minimum Gasteiger partial charge on any atom is -0.478 e. The Morgan fingerprint density at radius 1 is 1.31 bits per heavy atom. The normalized spacial score (nSPS) is 11.0. The molecule has 0 radical (unpaired) electrons. The zero-order valence-corrected chi connectivity index (χ0v) is 9.06. The van der Waals surface area contributed by atoms with Crippen molar-refractivity contribution in [2.24, 2.45) is 0 Å². The topological polar surface area (TPSA) is 63.6 Å². The van der Waals surface area contributed by atoms with Crippen molar-refractivity contribution in [3.05, 3.63) is 41.7 Å². The number of hydrogen-bond donors (Lipinski definition) is 1. The largest absolute Gasteiger partial charge is 0.478 e. The van der Waals surface area contributed by atoms with Crippen LogP contribution >= 0.6 is 0 Å². The Labute approximate surface area is 93.2 Å². The molecule has 1 N–H and O–H groups in total. The minimum atomic E-state index is -1.13. The molecule has 0 fully saturated rings. The molecule has 84 valence electrons. The summed E-state index contributed by atoms with van der Waals surface area (Å²) in [4.78, 5) is 21.6. The Morgan fingerprint density at radius 3 is 2.44 bits per heavy atom. The number of carboxylic acids is 1. The molecule has 1 rings (SSSR count). The Morgan fingerprint density at radius 2 is 1.94 bits per heavy atom. The molecule has 0 heterocycles. The molecular formula is C12H12O4. The van der Waals surface area contributed by atoms with Gasteiger partial charge in [-0.3, -0.25) is 4.79 Å². The fraction of sp³-hybridized carbons (Fsp3) is 0.167. The van der Waals surface area contributed by atoms with Gasteiger partial charge in [0, 0.05) is 6.92 Å². The van der Waals surface area contributed by atoms with Gasteiger partial charge in [-0.2, -0.15) is 0 Å². The molecule has 0 aliphatic heterocycles. The number of ether oxygens (including phenoxy) is 1. The van der Waals surface area contributed by atoms with Gasteiger partial charge in [-0.05, 0) is 18.1 Å². The van der Waals surface area contributed by atoms with Crippen LogP contribution in [0.2, 0.25) is 0 Å². The molecule has 4 heteroatoms. The first-order chi connectivity index (χ1) is 7.52. The smallest absolute Gasteiger partial charge is 0.339 e. The molecule has 0 bridgehead atoms. The second-order valence-electron chi connectivity index (χ2n) is 3.26. The number of aliphatic carboxylic acids is 1. The van der Waals surface area contributed by atoms with E-state index in [0.717, 1.165) is 11.8 Å². The third kappa shape index (κ3) is 2.95. The van der Waals surface area contributed by atoms with Crippen molar-refractivity contribution in [1.82, 2.24) is 0 Å². The third-order valence-electron chi connectivity index (χ3n) is 2.01. The van der Waals surface area contributed by atoms with E-state index >= 15 is 0 Å². The van der Waals surface area contributed by atoms with Crippen molar-refractivity contribution in [3.63, 3.8) is 0 Å². The molecule has 0 saturated heterocycles. The van der Waals surface area contributed by atoms with E-state index in [0.29, 0.717) is 5.56 Å². The highest BCUT2D eigenvalue weighted by molar-refractivity contribution is 6.15. The van der Waals surface area contributed by atoms with E-state index in [9.17, 15) is 9.59 Å². The predicted octanol–water partition coefficient (Wildman–Crippen LogP) is 1.98. The molecule has 0 spiro atoms. The second-order valence-corrected chi connectivity index (χ2v) is 3.26. The molecule has 0 unspecified atom stereocenters. The summed E-state index contributed by atoms with van der Waals surface area (Å²) in [5, 5.41) is 9.00. The molecule has 1 aromatic carbocycles. The summed E-state index contributed by atoms with van der Waals surface area (Å²) in [6, 6.07) is 7.00. The molecule has 1 aromatic rings.